The summed E-state index contributed by atoms with van der Waals surface area (Å²) in [6.07, 6.45) is 4.08. The molecule has 1 atom stereocenters. The van der Waals surface area contributed by atoms with E-state index in [0.717, 1.165) is 50.4 Å². The van der Waals surface area contributed by atoms with Crippen molar-refractivity contribution in [3.8, 4) is 39.4 Å². The van der Waals surface area contributed by atoms with E-state index in [9.17, 15) is 5.11 Å². The third kappa shape index (κ3) is 4.21. The molecule has 218 valence electrons. The minimum absolute atomic E-state index is 0.0837. The van der Waals surface area contributed by atoms with Gasteiger partial charge in [-0.15, -0.1) is 0 Å². The maximum Gasteiger partial charge on any atom is 0.137 e. The molecule has 0 fully saturated rings. The Kier molecular flexibility index (Phi) is 5.79. The Hall–Kier alpha value is -5.48. The van der Waals surface area contributed by atoms with Crippen LogP contribution in [0.2, 0.25) is 0 Å². The largest absolute Gasteiger partial charge is 0.507 e. The molecule has 1 N–H and O–H groups in total. The predicted molar refractivity (Wildman–Crippen MR) is 182 cm³/mol. The van der Waals surface area contributed by atoms with Gasteiger partial charge in [-0.2, -0.15) is 0 Å². The van der Waals surface area contributed by atoms with Crippen LogP contribution in [-0.4, -0.2) is 19.5 Å². The van der Waals surface area contributed by atoms with Crippen LogP contribution in [0.1, 0.15) is 50.1 Å². The summed E-state index contributed by atoms with van der Waals surface area (Å²) >= 11 is 0. The lowest BCUT2D eigenvalue weighted by molar-refractivity contribution is 0.477. The number of nitrogens with zero attached hydrogens (tertiary/aromatic N) is 3. The topological polar surface area (TPSA) is 50.4 Å². The second-order valence-corrected chi connectivity index (χ2v) is 12.8. The van der Waals surface area contributed by atoms with E-state index in [-0.39, 0.29) is 11.2 Å². The molecule has 45 heavy (non-hydrogen) atoms. The highest BCUT2D eigenvalue weighted by Gasteiger charge is 2.48. The molecule has 0 aliphatic heterocycles. The monoisotopic (exact) mass is 584 g/mol. The third-order valence-corrected chi connectivity index (χ3v) is 9.12. The molecule has 7 aromatic rings. The van der Waals surface area contributed by atoms with E-state index in [1.165, 1.54) is 5.56 Å². The Bertz CT molecular complexity index is 2260. The van der Waals surface area contributed by atoms with Crippen LogP contribution in [0.3, 0.4) is 0 Å². The zero-order valence-corrected chi connectivity index (χ0v) is 25.5. The van der Waals surface area contributed by atoms with Gasteiger partial charge in [-0.25, -0.2) is 4.98 Å². The van der Waals surface area contributed by atoms with Crippen LogP contribution >= 0.6 is 0 Å². The predicted octanol–water partition coefficient (Wildman–Crippen LogP) is 9.43. The van der Waals surface area contributed by atoms with E-state index in [1.807, 2.05) is 71.3 Å². The summed E-state index contributed by atoms with van der Waals surface area (Å²) in [5.41, 5.74) is 10.7. The molecule has 1 unspecified atom stereocenters. The van der Waals surface area contributed by atoms with Crippen molar-refractivity contribution in [1.29, 1.82) is 0 Å². The fourth-order valence-electron chi connectivity index (χ4n) is 6.88. The Morgan fingerprint density at radius 2 is 1.49 bits per heavy atom. The van der Waals surface area contributed by atoms with Gasteiger partial charge in [0, 0.05) is 23.5 Å². The van der Waals surface area contributed by atoms with Gasteiger partial charge in [0.05, 0.1) is 23.9 Å². The van der Waals surface area contributed by atoms with E-state index in [1.54, 1.807) is 6.07 Å². The lowest BCUT2D eigenvalue weighted by Crippen LogP contribution is -2.30. The lowest BCUT2D eigenvalue weighted by atomic mass is 9.68. The molecule has 0 saturated heterocycles. The van der Waals surface area contributed by atoms with Gasteiger partial charge < -0.3 is 9.51 Å². The number of rotatable bonds is 4. The first-order chi connectivity index (χ1) is 22.2. The number of benzene rings is 4. The second-order valence-electron chi connectivity index (χ2n) is 12.8. The van der Waals surface area contributed by atoms with Gasteiger partial charge in [-0.3, -0.25) is 4.98 Å². The van der Waals surface area contributed by atoms with Crippen molar-refractivity contribution >= 4 is 5.65 Å². The standard InChI is InChI=1S/C41H33N3O/c1-40(2,3)28-21-22-31-30-14-4-6-16-33(30)41(34(31)25-28,38-19-11-17-35(42-38)32-15-5-7-18-37(32)45)29-13-10-12-27(24-29)36-26-44-23-9-8-20-39(44)43-36/h4-26,45H,1-3H3/i6D. The van der Waals surface area contributed by atoms with Crippen molar-refractivity contribution in [2.45, 2.75) is 31.6 Å². The van der Waals surface area contributed by atoms with Gasteiger partial charge in [-0.1, -0.05) is 106 Å². The summed E-state index contributed by atoms with van der Waals surface area (Å²) in [4.78, 5) is 10.3. The van der Waals surface area contributed by atoms with Crippen molar-refractivity contribution in [3.63, 3.8) is 0 Å². The zero-order chi connectivity index (χ0) is 31.6. The Balaban J connectivity index is 1.47. The number of aromatic hydroxyl groups is 1. The molecule has 0 bridgehead atoms. The van der Waals surface area contributed by atoms with Crippen LogP contribution in [0.4, 0.5) is 0 Å². The Morgan fingerprint density at radius 3 is 2.33 bits per heavy atom. The number of pyridine rings is 2. The molecule has 1 aliphatic rings. The van der Waals surface area contributed by atoms with Crippen LogP contribution in [0.15, 0.2) is 140 Å². The van der Waals surface area contributed by atoms with Gasteiger partial charge in [0.15, 0.2) is 0 Å². The molecular formula is C41H33N3O. The number of fused-ring (bicyclic) bond motifs is 4. The third-order valence-electron chi connectivity index (χ3n) is 9.12. The van der Waals surface area contributed by atoms with E-state index in [0.29, 0.717) is 17.3 Å². The lowest BCUT2D eigenvalue weighted by Gasteiger charge is -2.34. The molecule has 1 aliphatic carbocycles. The fourth-order valence-corrected chi connectivity index (χ4v) is 6.88. The van der Waals surface area contributed by atoms with E-state index < -0.39 is 5.41 Å². The maximum atomic E-state index is 10.8. The van der Waals surface area contributed by atoms with Gasteiger partial charge in [0.2, 0.25) is 0 Å². The van der Waals surface area contributed by atoms with E-state index >= 15 is 0 Å². The highest BCUT2D eigenvalue weighted by atomic mass is 16.3. The van der Waals surface area contributed by atoms with Gasteiger partial charge in [0.25, 0.3) is 0 Å². The number of imidazole rings is 1. The number of aromatic nitrogens is 3. The van der Waals surface area contributed by atoms with Crippen molar-refractivity contribution in [2.75, 3.05) is 0 Å². The molecule has 8 rings (SSSR count). The second kappa shape index (κ2) is 10.0. The first kappa shape index (κ1) is 26.0. The van der Waals surface area contributed by atoms with Gasteiger partial charge in [0.1, 0.15) is 11.4 Å². The van der Waals surface area contributed by atoms with Gasteiger partial charge >= 0.3 is 0 Å². The average molecular weight is 585 g/mol. The highest BCUT2D eigenvalue weighted by molar-refractivity contribution is 5.87. The molecule has 3 heterocycles. The molecule has 3 aromatic heterocycles. The number of hydrogen-bond donors (Lipinski definition) is 1. The molecule has 0 radical (unpaired) electrons. The molecule has 0 amide bonds. The van der Waals surface area contributed by atoms with Crippen LogP contribution in [0.5, 0.6) is 5.75 Å². The number of para-hydroxylation sites is 1. The molecule has 0 saturated carbocycles. The van der Waals surface area contributed by atoms with E-state index in [2.05, 4.69) is 81.6 Å². The summed E-state index contributed by atoms with van der Waals surface area (Å²) in [5.74, 6) is 0.186. The molecule has 4 heteroatoms. The number of phenolic OH excluding ortho intramolecular Hbond substituents is 1. The first-order valence-corrected chi connectivity index (χ1v) is 15.3. The molecule has 4 nitrogen and oxygen atoms in total. The first-order valence-electron chi connectivity index (χ1n) is 15.8. The van der Waals surface area contributed by atoms with Crippen molar-refractivity contribution < 1.29 is 6.48 Å². The summed E-state index contributed by atoms with van der Waals surface area (Å²) in [6, 6.07) is 41.2. The fraction of sp³-hybridized carbons (Fsp3) is 0.122. The Labute approximate surface area is 264 Å². The van der Waals surface area contributed by atoms with Crippen molar-refractivity contribution in [1.82, 2.24) is 14.4 Å². The number of hydrogen-bond acceptors (Lipinski definition) is 3. The smallest absolute Gasteiger partial charge is 0.137 e. The quantitative estimate of drug-likeness (QED) is 0.224. The zero-order valence-electron chi connectivity index (χ0n) is 26.5. The molecular weight excluding hydrogens is 550 g/mol. The van der Waals surface area contributed by atoms with Crippen LogP contribution < -0.4 is 0 Å². The SMILES string of the molecule is [2H]c1ccc2c(c1)C(c1cccc(-c3cn4ccccc4n3)c1)(c1cccc(-c3ccccc3O)n1)c1cc(C(C)(C)C)ccc1-2. The maximum absolute atomic E-state index is 10.8. The van der Waals surface area contributed by atoms with Crippen LogP contribution in [0.25, 0.3) is 39.3 Å². The normalized spacial score (nSPS) is 15.9. The van der Waals surface area contributed by atoms with E-state index in [4.69, 9.17) is 11.3 Å². The minimum atomic E-state index is -0.835. The highest BCUT2D eigenvalue weighted by Crippen LogP contribution is 2.56. The summed E-state index contributed by atoms with van der Waals surface area (Å²) in [7, 11) is 0. The minimum Gasteiger partial charge on any atom is -0.507 e. The van der Waals surface area contributed by atoms with Crippen molar-refractivity contribution in [3.05, 3.63) is 168 Å². The molecule has 4 aromatic carbocycles. The van der Waals surface area contributed by atoms with Crippen LogP contribution in [-0.2, 0) is 10.8 Å². The Morgan fingerprint density at radius 1 is 0.689 bits per heavy atom. The van der Waals surface area contributed by atoms with Gasteiger partial charge in [-0.05, 0) is 81.3 Å². The molecule has 0 spiro atoms. The summed E-state index contributed by atoms with van der Waals surface area (Å²) in [6.45, 7) is 6.71. The summed E-state index contributed by atoms with van der Waals surface area (Å²) in [5, 5.41) is 10.8. The van der Waals surface area contributed by atoms with Crippen molar-refractivity contribution in [2.24, 2.45) is 0 Å². The summed E-state index contributed by atoms with van der Waals surface area (Å²) < 4.78 is 10.8. The average Bonchev–Trinajstić information content (AvgIpc) is 3.62. The van der Waals surface area contributed by atoms with Crippen LogP contribution in [0, 0.1) is 0 Å². The number of phenols is 1.